The maximum absolute atomic E-state index is 15.0. The summed E-state index contributed by atoms with van der Waals surface area (Å²) in [5.41, 5.74) is 2.96. The smallest absolute Gasteiger partial charge is 0.187 e. The van der Waals surface area contributed by atoms with Crippen LogP contribution in [0, 0.1) is 0 Å². The number of carbonyl (C=O) groups excluding carboxylic acids is 1. The van der Waals surface area contributed by atoms with Gasteiger partial charge in [-0.1, -0.05) is 60.7 Å². The number of pyridine rings is 2. The first-order valence-electron chi connectivity index (χ1n) is 12.6. The first kappa shape index (κ1) is 26.3. The van der Waals surface area contributed by atoms with Gasteiger partial charge >= 0.3 is 0 Å². The summed E-state index contributed by atoms with van der Waals surface area (Å²) >= 11 is 7.02. The number of hydrogen-bond donors (Lipinski definition) is 0. The Bertz CT molecular complexity index is 1700. The van der Waals surface area contributed by atoms with Crippen molar-refractivity contribution in [3.63, 3.8) is 0 Å². The molecule has 0 aliphatic carbocycles. The molecule has 0 fully saturated rings. The summed E-state index contributed by atoms with van der Waals surface area (Å²) in [6.45, 7) is 0. The van der Waals surface area contributed by atoms with E-state index >= 15 is 4.79 Å². The van der Waals surface area contributed by atoms with Gasteiger partial charge in [0.1, 0.15) is 44.1 Å². The van der Waals surface area contributed by atoms with Gasteiger partial charge in [-0.25, -0.2) is 9.97 Å². The summed E-state index contributed by atoms with van der Waals surface area (Å²) in [4.78, 5) is 24.5. The molecule has 0 spiro atoms. The van der Waals surface area contributed by atoms with Crippen LogP contribution in [0.15, 0.2) is 107 Å². The Morgan fingerprint density at radius 2 is 1.07 bits per heavy atom. The summed E-state index contributed by atoms with van der Waals surface area (Å²) in [6.07, 6.45) is 3.80. The fraction of sp³-hybridized carbons (Fsp3) is 0.129. The number of carbonyl (C=O) groups is 1. The molecule has 0 amide bonds. The lowest BCUT2D eigenvalue weighted by Crippen LogP contribution is -2.30. The number of rotatable bonds is 8. The molecule has 4 aromatic heterocycles. The molecular formula is C31H24Br2N4O3. The highest BCUT2D eigenvalue weighted by Gasteiger charge is 2.34. The topological polar surface area (TPSA) is 71.2 Å². The second-order valence-electron chi connectivity index (χ2n) is 9.24. The second-order valence-corrected chi connectivity index (χ2v) is 10.9. The van der Waals surface area contributed by atoms with Crippen LogP contribution in [0.3, 0.4) is 0 Å². The number of fused-ring (bicyclic) bond motifs is 2. The number of nitrogens with zero attached hydrogens (tertiary/aromatic N) is 4. The van der Waals surface area contributed by atoms with E-state index in [0.29, 0.717) is 32.0 Å². The summed E-state index contributed by atoms with van der Waals surface area (Å²) in [6, 6.07) is 25.7. The van der Waals surface area contributed by atoms with Gasteiger partial charge in [-0.15, -0.1) is 0 Å². The zero-order valence-electron chi connectivity index (χ0n) is 21.7. The molecule has 0 N–H and O–H groups in total. The molecule has 2 atom stereocenters. The third-order valence-electron chi connectivity index (χ3n) is 7.00. The molecular weight excluding hydrogens is 636 g/mol. The fourth-order valence-electron chi connectivity index (χ4n) is 5.24. The lowest BCUT2D eigenvalue weighted by molar-refractivity contribution is -0.123. The van der Waals surface area contributed by atoms with Gasteiger partial charge in [-0.2, -0.15) is 0 Å². The van der Waals surface area contributed by atoms with Crippen molar-refractivity contribution in [1.29, 1.82) is 0 Å². The Morgan fingerprint density at radius 3 is 1.45 bits per heavy atom. The molecule has 9 heteroatoms. The number of halogens is 2. The van der Waals surface area contributed by atoms with E-state index in [1.54, 1.807) is 14.2 Å². The van der Waals surface area contributed by atoms with Gasteiger partial charge < -0.3 is 18.6 Å². The van der Waals surface area contributed by atoms with Crippen LogP contribution >= 0.6 is 31.9 Å². The van der Waals surface area contributed by atoms with E-state index in [1.165, 1.54) is 0 Å². The summed E-state index contributed by atoms with van der Waals surface area (Å²) in [7, 11) is 3.25. The zero-order valence-corrected chi connectivity index (χ0v) is 24.8. The summed E-state index contributed by atoms with van der Waals surface area (Å²) < 4.78 is 16.3. The monoisotopic (exact) mass is 658 g/mol. The van der Waals surface area contributed by atoms with E-state index in [2.05, 4.69) is 31.9 Å². The van der Waals surface area contributed by atoms with Crippen molar-refractivity contribution in [3.8, 4) is 11.5 Å². The Labute approximate surface area is 247 Å². The minimum Gasteiger partial charge on any atom is -0.496 e. The normalized spacial score (nSPS) is 12.9. The molecule has 2 unspecified atom stereocenters. The van der Waals surface area contributed by atoms with Gasteiger partial charge in [-0.05, 0) is 55.1 Å². The molecule has 0 bridgehead atoms. The molecule has 0 aliphatic rings. The molecule has 0 radical (unpaired) electrons. The Hall–Kier alpha value is -3.95. The fourth-order valence-corrected chi connectivity index (χ4v) is 5.99. The van der Waals surface area contributed by atoms with E-state index in [9.17, 15) is 0 Å². The lowest BCUT2D eigenvalue weighted by atomic mass is 9.92. The van der Waals surface area contributed by atoms with Gasteiger partial charge in [0.25, 0.3) is 0 Å². The standard InChI is InChI=1S/C31H24Br2N4O3/c1-39-23-17-25(32)34-30-21(23)13-15-36(30)27(19-9-5-3-6-10-19)29(38)28(20-11-7-4-8-12-20)37-16-14-22-24(40-2)18-26(33)35-31(22)37/h3-18,27-28H,1-2H3. The van der Waals surface area contributed by atoms with Crippen LogP contribution in [0.5, 0.6) is 11.5 Å². The van der Waals surface area contributed by atoms with Gasteiger partial charge in [0.2, 0.25) is 0 Å². The van der Waals surface area contributed by atoms with Crippen LogP contribution in [0.1, 0.15) is 23.2 Å². The Morgan fingerprint density at radius 1 is 0.675 bits per heavy atom. The number of methoxy groups -OCH3 is 2. The average Bonchev–Trinajstić information content (AvgIpc) is 3.58. The van der Waals surface area contributed by atoms with Crippen LogP contribution in [0.4, 0.5) is 0 Å². The van der Waals surface area contributed by atoms with Crippen LogP contribution in [0.25, 0.3) is 22.1 Å². The maximum Gasteiger partial charge on any atom is 0.187 e. The molecule has 6 rings (SSSR count). The molecule has 0 aliphatic heterocycles. The molecule has 200 valence electrons. The van der Waals surface area contributed by atoms with Crippen LogP contribution in [-0.4, -0.2) is 39.1 Å². The van der Waals surface area contributed by atoms with Crippen molar-refractivity contribution in [1.82, 2.24) is 19.1 Å². The molecule has 7 nitrogen and oxygen atoms in total. The molecule has 40 heavy (non-hydrogen) atoms. The number of hydrogen-bond acceptors (Lipinski definition) is 5. The highest BCUT2D eigenvalue weighted by atomic mass is 79.9. The molecule has 6 aromatic rings. The van der Waals surface area contributed by atoms with Crippen molar-refractivity contribution in [3.05, 3.63) is 118 Å². The number of aromatic nitrogens is 4. The highest BCUT2D eigenvalue weighted by molar-refractivity contribution is 9.10. The van der Waals surface area contributed by atoms with Gasteiger partial charge in [0.15, 0.2) is 5.78 Å². The minimum absolute atomic E-state index is 0.0473. The number of ether oxygens (including phenoxy) is 2. The first-order chi connectivity index (χ1) is 19.5. The van der Waals surface area contributed by atoms with E-state index in [0.717, 1.165) is 21.9 Å². The predicted molar refractivity (Wildman–Crippen MR) is 162 cm³/mol. The lowest BCUT2D eigenvalue weighted by Gasteiger charge is -2.26. The van der Waals surface area contributed by atoms with Crippen molar-refractivity contribution < 1.29 is 14.3 Å². The van der Waals surface area contributed by atoms with E-state index in [1.807, 2.05) is 106 Å². The van der Waals surface area contributed by atoms with E-state index < -0.39 is 12.1 Å². The van der Waals surface area contributed by atoms with Gasteiger partial charge in [0, 0.05) is 24.5 Å². The van der Waals surface area contributed by atoms with Gasteiger partial charge in [-0.3, -0.25) is 4.79 Å². The van der Waals surface area contributed by atoms with Gasteiger partial charge in [0.05, 0.1) is 25.0 Å². The van der Waals surface area contributed by atoms with Crippen LogP contribution in [0.2, 0.25) is 0 Å². The third kappa shape index (κ3) is 4.59. The number of Topliss-reactive ketones (excluding diaryl/α,β-unsaturated/α-hetero) is 1. The Kier molecular flexibility index (Phi) is 7.16. The summed E-state index contributed by atoms with van der Waals surface area (Å²) in [5, 5.41) is 1.63. The Balaban J connectivity index is 1.61. The van der Waals surface area contributed by atoms with Crippen LogP contribution < -0.4 is 9.47 Å². The van der Waals surface area contributed by atoms with Crippen molar-refractivity contribution in [2.75, 3.05) is 14.2 Å². The minimum atomic E-state index is -0.693. The number of benzene rings is 2. The molecule has 2 aromatic carbocycles. The zero-order chi connectivity index (χ0) is 27.8. The quantitative estimate of drug-likeness (QED) is 0.160. The highest BCUT2D eigenvalue weighted by Crippen LogP contribution is 2.37. The third-order valence-corrected chi connectivity index (χ3v) is 7.81. The van der Waals surface area contributed by atoms with Crippen molar-refractivity contribution in [2.24, 2.45) is 0 Å². The molecule has 0 saturated carbocycles. The predicted octanol–water partition coefficient (Wildman–Crippen LogP) is 7.38. The van der Waals surface area contributed by atoms with Crippen LogP contribution in [-0.2, 0) is 4.79 Å². The average molecular weight is 660 g/mol. The maximum atomic E-state index is 15.0. The molecule has 4 heterocycles. The van der Waals surface area contributed by atoms with Crippen molar-refractivity contribution >= 4 is 59.7 Å². The second kappa shape index (κ2) is 10.9. The molecule has 0 saturated heterocycles. The van der Waals surface area contributed by atoms with E-state index in [4.69, 9.17) is 19.4 Å². The van der Waals surface area contributed by atoms with Crippen molar-refractivity contribution in [2.45, 2.75) is 12.1 Å². The van der Waals surface area contributed by atoms with E-state index in [-0.39, 0.29) is 5.78 Å². The number of ketones is 1. The SMILES string of the molecule is COc1cc(Br)nc2c1ccn2C(C(=O)C(c1ccccc1)n1ccc2c(OC)cc(Br)nc21)c1ccccc1. The largest absolute Gasteiger partial charge is 0.496 e. The summed E-state index contributed by atoms with van der Waals surface area (Å²) in [5.74, 6) is 1.30. The first-order valence-corrected chi connectivity index (χ1v) is 14.1.